The Balaban J connectivity index is 2.14. The monoisotopic (exact) mass is 361 g/mol. The Labute approximate surface area is 153 Å². The largest absolute Gasteiger partial charge is 0.495 e. The Kier molecular flexibility index (Phi) is 6.65. The lowest BCUT2D eigenvalue weighted by Gasteiger charge is -2.14. The van der Waals surface area contributed by atoms with Crippen LogP contribution in [0.15, 0.2) is 30.6 Å². The second kappa shape index (κ2) is 8.72. The number of benzene rings is 1. The zero-order valence-corrected chi connectivity index (χ0v) is 15.8. The van der Waals surface area contributed by atoms with E-state index in [9.17, 15) is 4.79 Å². The Morgan fingerprint density at radius 2 is 2.04 bits per heavy atom. The molecule has 2 rings (SSSR count). The van der Waals surface area contributed by atoms with Crippen LogP contribution in [0.3, 0.4) is 0 Å². The smallest absolute Gasteiger partial charge is 0.252 e. The van der Waals surface area contributed by atoms with Gasteiger partial charge in [0.2, 0.25) is 0 Å². The number of rotatable bonds is 7. The van der Waals surface area contributed by atoms with Crippen LogP contribution >= 0.6 is 11.6 Å². The Bertz CT molecular complexity index is 747. The van der Waals surface area contributed by atoms with E-state index in [2.05, 4.69) is 29.5 Å². The van der Waals surface area contributed by atoms with Crippen LogP contribution in [0.1, 0.15) is 36.2 Å². The fraction of sp³-hybridized carbons (Fsp3) is 0.368. The lowest BCUT2D eigenvalue weighted by molar-refractivity contribution is 0.0951. The van der Waals surface area contributed by atoms with Crippen LogP contribution in [-0.2, 0) is 0 Å². The Morgan fingerprint density at radius 1 is 1.28 bits per heavy atom. The highest BCUT2D eigenvalue weighted by Crippen LogP contribution is 2.33. The fourth-order valence-corrected chi connectivity index (χ4v) is 2.45. The molecule has 1 aromatic heterocycles. The first-order chi connectivity index (χ1) is 11.9. The van der Waals surface area contributed by atoms with Gasteiger partial charge in [0.15, 0.2) is 0 Å². The zero-order chi connectivity index (χ0) is 18.4. The molecule has 0 atom stereocenters. The predicted octanol–water partition coefficient (Wildman–Crippen LogP) is 4.57. The van der Waals surface area contributed by atoms with Crippen LogP contribution in [0.25, 0.3) is 0 Å². The van der Waals surface area contributed by atoms with Gasteiger partial charge in [-0.15, -0.1) is 0 Å². The van der Waals surface area contributed by atoms with Crippen LogP contribution in [0, 0.1) is 12.8 Å². The molecular formula is C19H24ClN3O2. The van der Waals surface area contributed by atoms with Crippen LogP contribution in [0.2, 0.25) is 5.02 Å². The van der Waals surface area contributed by atoms with E-state index in [1.165, 1.54) is 0 Å². The number of ether oxygens (including phenoxy) is 1. The van der Waals surface area contributed by atoms with E-state index in [0.29, 0.717) is 34.5 Å². The second-order valence-corrected chi connectivity index (χ2v) is 6.73. The number of pyridine rings is 1. The highest BCUT2D eigenvalue weighted by atomic mass is 35.5. The number of aromatic nitrogens is 1. The van der Waals surface area contributed by atoms with E-state index >= 15 is 0 Å². The minimum atomic E-state index is -0.129. The number of carbonyl (C=O) groups excluding carboxylic acids is 1. The number of hydrogen-bond acceptors (Lipinski definition) is 4. The van der Waals surface area contributed by atoms with Crippen molar-refractivity contribution in [2.45, 2.75) is 27.2 Å². The number of anilines is 2. The van der Waals surface area contributed by atoms with Gasteiger partial charge in [0.05, 0.1) is 30.2 Å². The molecule has 5 nitrogen and oxygen atoms in total. The van der Waals surface area contributed by atoms with Crippen molar-refractivity contribution in [2.75, 3.05) is 19.0 Å². The van der Waals surface area contributed by atoms with Gasteiger partial charge in [-0.3, -0.25) is 9.78 Å². The molecule has 25 heavy (non-hydrogen) atoms. The average Bonchev–Trinajstić information content (AvgIpc) is 2.57. The molecule has 6 heteroatoms. The SMILES string of the molecule is COc1cc(Cl)c(C)cc1Nc1cncc(C(=O)NCCC(C)C)c1. The third-order valence-electron chi connectivity index (χ3n) is 3.77. The summed E-state index contributed by atoms with van der Waals surface area (Å²) in [6.45, 7) is 6.82. The van der Waals surface area contributed by atoms with Crippen LogP contribution in [0.5, 0.6) is 5.75 Å². The third-order valence-corrected chi connectivity index (χ3v) is 4.17. The van der Waals surface area contributed by atoms with E-state index < -0.39 is 0 Å². The molecule has 1 heterocycles. The number of amides is 1. The van der Waals surface area contributed by atoms with Crippen molar-refractivity contribution in [3.8, 4) is 5.75 Å². The maximum absolute atomic E-state index is 12.2. The molecule has 0 saturated heterocycles. The topological polar surface area (TPSA) is 63.2 Å². The molecule has 1 aromatic carbocycles. The molecule has 0 unspecified atom stereocenters. The first kappa shape index (κ1) is 19.1. The number of nitrogens with zero attached hydrogens (tertiary/aromatic N) is 1. The number of carbonyl (C=O) groups is 1. The van der Waals surface area contributed by atoms with Crippen LogP contribution < -0.4 is 15.4 Å². The lowest BCUT2D eigenvalue weighted by atomic mass is 10.1. The summed E-state index contributed by atoms with van der Waals surface area (Å²) < 4.78 is 5.36. The average molecular weight is 362 g/mol. The van der Waals surface area contributed by atoms with Gasteiger partial charge >= 0.3 is 0 Å². The van der Waals surface area contributed by atoms with Gasteiger partial charge in [-0.2, -0.15) is 0 Å². The quantitative estimate of drug-likeness (QED) is 0.758. The first-order valence-electron chi connectivity index (χ1n) is 8.25. The van der Waals surface area contributed by atoms with Gasteiger partial charge in [-0.05, 0) is 37.0 Å². The number of halogens is 1. The summed E-state index contributed by atoms with van der Waals surface area (Å²) >= 11 is 6.13. The van der Waals surface area contributed by atoms with Crippen molar-refractivity contribution in [1.29, 1.82) is 0 Å². The van der Waals surface area contributed by atoms with E-state index in [0.717, 1.165) is 17.7 Å². The first-order valence-corrected chi connectivity index (χ1v) is 8.63. The standard InChI is InChI=1S/C19H24ClN3O2/c1-12(2)5-6-22-19(24)14-8-15(11-21-10-14)23-17-7-13(3)16(20)9-18(17)25-4/h7-12,23H,5-6H2,1-4H3,(H,22,24). The Hall–Kier alpha value is -2.27. The van der Waals surface area contributed by atoms with Gasteiger partial charge in [0.1, 0.15) is 5.75 Å². The normalized spacial score (nSPS) is 10.6. The molecule has 0 aliphatic rings. The van der Waals surface area contributed by atoms with E-state index in [1.807, 2.05) is 13.0 Å². The molecule has 0 bridgehead atoms. The van der Waals surface area contributed by atoms with Gasteiger partial charge in [-0.1, -0.05) is 25.4 Å². The van der Waals surface area contributed by atoms with Crippen molar-refractivity contribution < 1.29 is 9.53 Å². The molecule has 2 aromatic rings. The van der Waals surface area contributed by atoms with Crippen molar-refractivity contribution >= 4 is 28.9 Å². The number of nitrogens with one attached hydrogen (secondary N) is 2. The molecular weight excluding hydrogens is 338 g/mol. The molecule has 0 spiro atoms. The highest BCUT2D eigenvalue weighted by Gasteiger charge is 2.10. The molecule has 0 saturated carbocycles. The van der Waals surface area contributed by atoms with Gasteiger partial charge < -0.3 is 15.4 Å². The van der Waals surface area contributed by atoms with Gasteiger partial charge in [0, 0.05) is 23.8 Å². The minimum Gasteiger partial charge on any atom is -0.495 e. The molecule has 134 valence electrons. The fourth-order valence-electron chi connectivity index (χ4n) is 2.29. The van der Waals surface area contributed by atoms with Crippen molar-refractivity contribution in [3.63, 3.8) is 0 Å². The van der Waals surface area contributed by atoms with E-state index in [1.54, 1.807) is 31.6 Å². The van der Waals surface area contributed by atoms with Gasteiger partial charge in [0.25, 0.3) is 5.91 Å². The van der Waals surface area contributed by atoms with E-state index in [4.69, 9.17) is 16.3 Å². The summed E-state index contributed by atoms with van der Waals surface area (Å²) in [5.74, 6) is 1.05. The second-order valence-electron chi connectivity index (χ2n) is 6.33. The predicted molar refractivity (Wildman–Crippen MR) is 102 cm³/mol. The number of hydrogen-bond donors (Lipinski definition) is 2. The third kappa shape index (κ3) is 5.36. The summed E-state index contributed by atoms with van der Waals surface area (Å²) in [6.07, 6.45) is 4.16. The van der Waals surface area contributed by atoms with Crippen molar-refractivity contribution in [2.24, 2.45) is 5.92 Å². The number of aryl methyl sites for hydroxylation is 1. The minimum absolute atomic E-state index is 0.129. The molecule has 1 amide bonds. The summed E-state index contributed by atoms with van der Waals surface area (Å²) in [6, 6.07) is 5.42. The lowest BCUT2D eigenvalue weighted by Crippen LogP contribution is -2.25. The molecule has 2 N–H and O–H groups in total. The molecule has 0 radical (unpaired) electrons. The summed E-state index contributed by atoms with van der Waals surface area (Å²) in [5.41, 5.74) is 2.92. The van der Waals surface area contributed by atoms with E-state index in [-0.39, 0.29) is 5.91 Å². The van der Waals surface area contributed by atoms with Crippen LogP contribution in [-0.4, -0.2) is 24.5 Å². The van der Waals surface area contributed by atoms with Gasteiger partial charge in [-0.25, -0.2) is 0 Å². The van der Waals surface area contributed by atoms with Crippen LogP contribution in [0.4, 0.5) is 11.4 Å². The van der Waals surface area contributed by atoms with Crippen molar-refractivity contribution in [1.82, 2.24) is 10.3 Å². The molecule has 0 fully saturated rings. The summed E-state index contributed by atoms with van der Waals surface area (Å²) in [7, 11) is 1.59. The Morgan fingerprint density at radius 3 is 2.72 bits per heavy atom. The highest BCUT2D eigenvalue weighted by molar-refractivity contribution is 6.31. The summed E-state index contributed by atoms with van der Waals surface area (Å²) in [5, 5.41) is 6.78. The summed E-state index contributed by atoms with van der Waals surface area (Å²) in [4.78, 5) is 16.4. The molecule has 0 aliphatic carbocycles. The maximum atomic E-state index is 12.2. The number of methoxy groups -OCH3 is 1. The zero-order valence-electron chi connectivity index (χ0n) is 15.0. The maximum Gasteiger partial charge on any atom is 0.252 e. The van der Waals surface area contributed by atoms with Crippen molar-refractivity contribution in [3.05, 3.63) is 46.7 Å². The molecule has 0 aliphatic heterocycles.